The number of benzene rings is 4. The fourth-order valence-corrected chi connectivity index (χ4v) is 6.88. The van der Waals surface area contributed by atoms with Gasteiger partial charge in [-0.1, -0.05) is 90.6 Å². The third-order valence-corrected chi connectivity index (χ3v) is 9.64. The Hall–Kier alpha value is -4.54. The number of rotatable bonds is 9. The summed E-state index contributed by atoms with van der Waals surface area (Å²) in [5.74, 6) is 0.206. The smallest absolute Gasteiger partial charge is 0.261 e. The summed E-state index contributed by atoms with van der Waals surface area (Å²) in [5, 5.41) is 10.4. The minimum Gasteiger partial charge on any atom is -0.392 e. The van der Waals surface area contributed by atoms with E-state index >= 15 is 0 Å². The topological polar surface area (TPSA) is 93.9 Å². The number of fused-ring (bicyclic) bond motifs is 1. The van der Waals surface area contributed by atoms with Crippen LogP contribution in [0.2, 0.25) is 0 Å². The zero-order valence-electron chi connectivity index (χ0n) is 25.3. The quantitative estimate of drug-likeness (QED) is 0.143. The van der Waals surface area contributed by atoms with E-state index in [1.54, 1.807) is 42.2 Å². The Morgan fingerprint density at radius 2 is 1.54 bits per heavy atom. The van der Waals surface area contributed by atoms with Crippen molar-refractivity contribution in [3.8, 4) is 11.1 Å². The first-order chi connectivity index (χ1) is 22.5. The van der Waals surface area contributed by atoms with Crippen LogP contribution in [0.3, 0.4) is 0 Å². The molecule has 3 heterocycles. The molecule has 9 heteroatoms. The van der Waals surface area contributed by atoms with Crippen LogP contribution >= 0.6 is 11.8 Å². The summed E-state index contributed by atoms with van der Waals surface area (Å²) >= 11 is 1.66. The molecule has 0 spiro atoms. The second-order valence-electron chi connectivity index (χ2n) is 11.5. The van der Waals surface area contributed by atoms with Crippen LogP contribution in [0.25, 0.3) is 11.1 Å². The van der Waals surface area contributed by atoms with Gasteiger partial charge in [-0.2, -0.15) is 0 Å². The number of thioether (sulfide) groups is 1. The number of imidazole rings is 1. The molecule has 4 aromatic carbocycles. The largest absolute Gasteiger partial charge is 0.392 e. The maximum Gasteiger partial charge on any atom is 0.261 e. The van der Waals surface area contributed by atoms with Crippen molar-refractivity contribution in [3.63, 3.8) is 0 Å². The van der Waals surface area contributed by atoms with Crippen LogP contribution in [0.15, 0.2) is 115 Å². The molecule has 8 nitrogen and oxygen atoms in total. The molecule has 1 aromatic heterocycles. The van der Waals surface area contributed by atoms with Gasteiger partial charge in [-0.15, -0.1) is 0 Å². The first kappa shape index (κ1) is 30.1. The summed E-state index contributed by atoms with van der Waals surface area (Å²) in [6.45, 7) is 0.207. The van der Waals surface area contributed by atoms with Crippen LogP contribution in [0.5, 0.6) is 0 Å². The number of amides is 2. The average molecular weight is 632 g/mol. The molecule has 2 aliphatic heterocycles. The lowest BCUT2D eigenvalue weighted by atomic mass is 9.99. The van der Waals surface area contributed by atoms with Gasteiger partial charge >= 0.3 is 0 Å². The Bertz CT molecular complexity index is 1840. The van der Waals surface area contributed by atoms with Gasteiger partial charge in [0.25, 0.3) is 11.8 Å². The van der Waals surface area contributed by atoms with Crippen LogP contribution in [-0.4, -0.2) is 43.2 Å². The van der Waals surface area contributed by atoms with E-state index in [-0.39, 0.29) is 37.2 Å². The molecule has 0 aliphatic carbocycles. The molecule has 0 radical (unpaired) electrons. The van der Waals surface area contributed by atoms with E-state index in [0.29, 0.717) is 17.5 Å². The third kappa shape index (κ3) is 6.15. The summed E-state index contributed by atoms with van der Waals surface area (Å²) in [5.41, 5.74) is 6.58. The van der Waals surface area contributed by atoms with Crippen molar-refractivity contribution >= 4 is 23.6 Å². The monoisotopic (exact) mass is 631 g/mol. The van der Waals surface area contributed by atoms with E-state index in [1.165, 1.54) is 4.90 Å². The molecule has 232 valence electrons. The standard InChI is InChI=1S/C37H33N3O5S/c1-39-18-17-38-37(39)46-23-30-20-33(27-11-9-24(22-41)10-12-27)45-36(44-30)28-15-13-26(14-16-28)29-6-4-5-25(19-29)21-40-34(42)31-7-2-3-8-32(31)35(40)43/h2-19,30,33,36,41H,20-23H2,1H3/t30-,33+,36+/m1/s1. The zero-order chi connectivity index (χ0) is 31.6. The number of carbonyl (C=O) groups excluding carboxylic acids is 2. The molecule has 0 saturated carbocycles. The van der Waals surface area contributed by atoms with Gasteiger partial charge in [-0.3, -0.25) is 14.5 Å². The molecule has 3 atom stereocenters. The summed E-state index contributed by atoms with van der Waals surface area (Å²) < 4.78 is 15.0. The molecule has 1 N–H and O–H groups in total. The van der Waals surface area contributed by atoms with E-state index in [9.17, 15) is 14.7 Å². The maximum atomic E-state index is 12.9. The number of carbonyl (C=O) groups is 2. The number of aryl methyl sites for hydroxylation is 1. The average Bonchev–Trinajstić information content (AvgIpc) is 3.63. The summed E-state index contributed by atoms with van der Waals surface area (Å²) in [7, 11) is 1.98. The Balaban J connectivity index is 1.08. The number of aromatic nitrogens is 2. The Morgan fingerprint density at radius 1 is 0.826 bits per heavy atom. The second-order valence-corrected chi connectivity index (χ2v) is 12.5. The minimum absolute atomic E-state index is 0.00149. The highest BCUT2D eigenvalue weighted by atomic mass is 32.2. The van der Waals surface area contributed by atoms with Crippen molar-refractivity contribution in [2.75, 3.05) is 5.75 Å². The molecule has 1 fully saturated rings. The third-order valence-electron chi connectivity index (χ3n) is 8.45. The Labute approximate surface area is 271 Å². The molecule has 46 heavy (non-hydrogen) atoms. The van der Waals surface area contributed by atoms with Crippen LogP contribution in [0.1, 0.15) is 61.8 Å². The summed E-state index contributed by atoms with van der Waals surface area (Å²) in [6.07, 6.45) is 3.63. The van der Waals surface area contributed by atoms with Gasteiger partial charge in [0.15, 0.2) is 11.4 Å². The van der Waals surface area contributed by atoms with Gasteiger partial charge in [0.1, 0.15) is 0 Å². The first-order valence-electron chi connectivity index (χ1n) is 15.2. The van der Waals surface area contributed by atoms with Crippen LogP contribution in [-0.2, 0) is 29.7 Å². The molecule has 0 unspecified atom stereocenters. The normalized spacial score (nSPS) is 19.4. The fraction of sp³-hybridized carbons (Fsp3) is 0.216. The van der Waals surface area contributed by atoms with Crippen molar-refractivity contribution in [2.24, 2.45) is 7.05 Å². The van der Waals surface area contributed by atoms with Crippen LogP contribution < -0.4 is 0 Å². The van der Waals surface area contributed by atoms with Gasteiger partial charge in [-0.05, 0) is 46.0 Å². The second kappa shape index (κ2) is 13.1. The van der Waals surface area contributed by atoms with E-state index in [4.69, 9.17) is 9.47 Å². The van der Waals surface area contributed by atoms with E-state index in [1.807, 2.05) is 90.6 Å². The molecular formula is C37H33N3O5S. The van der Waals surface area contributed by atoms with E-state index in [0.717, 1.165) is 44.3 Å². The van der Waals surface area contributed by atoms with Crippen molar-refractivity contribution < 1.29 is 24.2 Å². The highest BCUT2D eigenvalue weighted by Crippen LogP contribution is 2.40. The SMILES string of the molecule is Cn1ccnc1SC[C@H]1C[C@@H](c2ccc(CO)cc2)O[C@@H](c2ccc(-c3cccc(CN4C(=O)c5ccccc5C4=O)c3)cc2)O1. The molecule has 2 amide bonds. The van der Waals surface area contributed by atoms with Crippen LogP contribution in [0, 0.1) is 0 Å². The lowest BCUT2D eigenvalue weighted by molar-refractivity contribution is -0.245. The number of aliphatic hydroxyl groups excluding tert-OH is 1. The van der Waals surface area contributed by atoms with Gasteiger partial charge in [0, 0.05) is 37.2 Å². The number of aliphatic hydroxyl groups is 1. The van der Waals surface area contributed by atoms with Gasteiger partial charge in [0.05, 0.1) is 36.5 Å². The number of imide groups is 1. The summed E-state index contributed by atoms with van der Waals surface area (Å²) in [4.78, 5) is 31.6. The number of hydrogen-bond donors (Lipinski definition) is 1. The zero-order valence-corrected chi connectivity index (χ0v) is 26.1. The maximum absolute atomic E-state index is 12.9. The fourth-order valence-electron chi connectivity index (χ4n) is 5.93. The van der Waals surface area contributed by atoms with Gasteiger partial charge < -0.3 is 19.1 Å². The van der Waals surface area contributed by atoms with Gasteiger partial charge in [-0.25, -0.2) is 4.98 Å². The van der Waals surface area contributed by atoms with Crippen LogP contribution in [0.4, 0.5) is 0 Å². The van der Waals surface area contributed by atoms with E-state index in [2.05, 4.69) is 4.98 Å². The van der Waals surface area contributed by atoms with Crippen molar-refractivity contribution in [1.82, 2.24) is 14.5 Å². The van der Waals surface area contributed by atoms with Crippen molar-refractivity contribution in [2.45, 2.75) is 43.2 Å². The highest BCUT2D eigenvalue weighted by molar-refractivity contribution is 7.99. The number of ether oxygens (including phenoxy) is 2. The number of nitrogens with zero attached hydrogens (tertiary/aromatic N) is 3. The Morgan fingerprint density at radius 3 is 2.22 bits per heavy atom. The van der Waals surface area contributed by atoms with Crippen molar-refractivity contribution in [3.05, 3.63) is 143 Å². The predicted octanol–water partition coefficient (Wildman–Crippen LogP) is 6.71. The summed E-state index contributed by atoms with van der Waals surface area (Å²) in [6, 6.07) is 30.9. The molecule has 2 aliphatic rings. The number of hydrogen-bond acceptors (Lipinski definition) is 7. The van der Waals surface area contributed by atoms with Gasteiger partial charge in [0.2, 0.25) is 0 Å². The minimum atomic E-state index is -0.558. The highest BCUT2D eigenvalue weighted by Gasteiger charge is 2.35. The Kier molecular flexibility index (Phi) is 8.55. The lowest BCUT2D eigenvalue weighted by Crippen LogP contribution is -2.31. The van der Waals surface area contributed by atoms with Crippen molar-refractivity contribution in [1.29, 1.82) is 0 Å². The first-order valence-corrected chi connectivity index (χ1v) is 16.2. The molecule has 1 saturated heterocycles. The molecule has 0 bridgehead atoms. The molecule has 5 aromatic rings. The molecule has 7 rings (SSSR count). The van der Waals surface area contributed by atoms with E-state index < -0.39 is 6.29 Å². The predicted molar refractivity (Wildman–Crippen MR) is 175 cm³/mol. The molecular weight excluding hydrogens is 598 g/mol. The lowest BCUT2D eigenvalue weighted by Gasteiger charge is -2.36.